The lowest BCUT2D eigenvalue weighted by Gasteiger charge is -2.24. The molecule has 0 saturated carbocycles. The number of halogens is 1. The number of anilines is 2. The Morgan fingerprint density at radius 1 is 1.19 bits per heavy atom. The van der Waals surface area contributed by atoms with E-state index in [2.05, 4.69) is 19.9 Å². The first-order valence-corrected chi connectivity index (χ1v) is 12.1. The average molecular weight is 461 g/mol. The number of benzene rings is 2. The molecule has 0 bridgehead atoms. The highest BCUT2D eigenvalue weighted by Crippen LogP contribution is 2.27. The van der Waals surface area contributed by atoms with Gasteiger partial charge in [-0.25, -0.2) is 17.8 Å². The zero-order valence-corrected chi connectivity index (χ0v) is 18.1. The van der Waals surface area contributed by atoms with Gasteiger partial charge in [-0.1, -0.05) is 12.1 Å². The van der Waals surface area contributed by atoms with Crippen molar-refractivity contribution in [2.45, 2.75) is 23.8 Å². The fraction of sp³-hybridized carbons (Fsp3) is 0.238. The van der Waals surface area contributed by atoms with E-state index in [1.807, 2.05) is 5.38 Å². The van der Waals surface area contributed by atoms with E-state index in [1.165, 1.54) is 42.5 Å². The number of rotatable bonds is 7. The van der Waals surface area contributed by atoms with E-state index in [-0.39, 0.29) is 17.6 Å². The molecule has 0 aliphatic carbocycles. The minimum absolute atomic E-state index is 0.196. The summed E-state index contributed by atoms with van der Waals surface area (Å²) < 4.78 is 40.9. The van der Waals surface area contributed by atoms with Crippen LogP contribution in [0.15, 0.2) is 65.0 Å². The van der Waals surface area contributed by atoms with Gasteiger partial charge >= 0.3 is 0 Å². The standard InChI is InChI=1S/C21H21FN4O3S2/c22-18-5-1-2-6-19(18)31(28,29)25-16-9-7-15(8-10-16)20(27)24-14-17-4-3-12-26(17)21-23-11-13-30-21/h1-2,5-11,13,17,25H,3-4,12,14H2,(H,24,27). The Bertz CT molecular complexity index is 1150. The molecule has 0 radical (unpaired) electrons. The Morgan fingerprint density at radius 2 is 1.97 bits per heavy atom. The number of thiazole rings is 1. The number of aromatic nitrogens is 1. The Kier molecular flexibility index (Phi) is 6.19. The smallest absolute Gasteiger partial charge is 0.264 e. The van der Waals surface area contributed by atoms with Crippen molar-refractivity contribution in [3.8, 4) is 0 Å². The highest BCUT2D eigenvalue weighted by Gasteiger charge is 2.26. The van der Waals surface area contributed by atoms with Crippen LogP contribution in [0.25, 0.3) is 0 Å². The number of nitrogens with one attached hydrogen (secondary N) is 2. The maximum atomic E-state index is 13.8. The molecule has 3 aromatic rings. The van der Waals surface area contributed by atoms with Crippen molar-refractivity contribution in [3.05, 3.63) is 71.5 Å². The third-order valence-corrected chi connectivity index (χ3v) is 7.29. The molecule has 1 amide bonds. The molecule has 31 heavy (non-hydrogen) atoms. The van der Waals surface area contributed by atoms with E-state index in [0.29, 0.717) is 12.1 Å². The van der Waals surface area contributed by atoms with Gasteiger partial charge in [0.25, 0.3) is 15.9 Å². The predicted molar refractivity (Wildman–Crippen MR) is 118 cm³/mol. The van der Waals surface area contributed by atoms with E-state index in [0.717, 1.165) is 30.6 Å². The van der Waals surface area contributed by atoms with Crippen LogP contribution < -0.4 is 14.9 Å². The van der Waals surface area contributed by atoms with Crippen molar-refractivity contribution in [2.75, 3.05) is 22.7 Å². The van der Waals surface area contributed by atoms with Gasteiger partial charge in [-0.15, -0.1) is 11.3 Å². The maximum absolute atomic E-state index is 13.8. The third-order valence-electron chi connectivity index (χ3n) is 5.07. The lowest BCUT2D eigenvalue weighted by molar-refractivity contribution is 0.0951. The van der Waals surface area contributed by atoms with Gasteiger partial charge in [0.05, 0.1) is 0 Å². The fourth-order valence-electron chi connectivity index (χ4n) is 3.53. The Balaban J connectivity index is 1.37. The quantitative estimate of drug-likeness (QED) is 0.563. The summed E-state index contributed by atoms with van der Waals surface area (Å²) in [6, 6.07) is 11.4. The van der Waals surface area contributed by atoms with Crippen molar-refractivity contribution in [1.82, 2.24) is 10.3 Å². The number of carbonyl (C=O) groups excluding carboxylic acids is 1. The molecule has 1 aromatic heterocycles. The second-order valence-corrected chi connectivity index (χ2v) is 9.65. The van der Waals surface area contributed by atoms with Crippen molar-refractivity contribution >= 4 is 38.1 Å². The number of amides is 1. The van der Waals surface area contributed by atoms with Crippen LogP contribution in [0.5, 0.6) is 0 Å². The monoisotopic (exact) mass is 460 g/mol. The molecule has 1 fully saturated rings. The van der Waals surface area contributed by atoms with E-state index >= 15 is 0 Å². The lowest BCUT2D eigenvalue weighted by Crippen LogP contribution is -2.40. The Hall–Kier alpha value is -2.98. The van der Waals surface area contributed by atoms with Crippen LogP contribution in [-0.2, 0) is 10.0 Å². The molecular formula is C21H21FN4O3S2. The molecule has 4 rings (SSSR count). The largest absolute Gasteiger partial charge is 0.350 e. The zero-order chi connectivity index (χ0) is 21.8. The van der Waals surface area contributed by atoms with Crippen LogP contribution in [0, 0.1) is 5.82 Å². The molecule has 2 aromatic carbocycles. The highest BCUT2D eigenvalue weighted by atomic mass is 32.2. The molecule has 0 spiro atoms. The van der Waals surface area contributed by atoms with Gasteiger partial charge in [0.2, 0.25) is 0 Å². The number of sulfonamides is 1. The van der Waals surface area contributed by atoms with Crippen LogP contribution in [0.2, 0.25) is 0 Å². The Labute approximate surface area is 184 Å². The second-order valence-electron chi connectivity index (χ2n) is 7.13. The van der Waals surface area contributed by atoms with E-state index < -0.39 is 20.7 Å². The van der Waals surface area contributed by atoms with Gasteiger partial charge in [-0.3, -0.25) is 9.52 Å². The van der Waals surface area contributed by atoms with Gasteiger partial charge in [0.1, 0.15) is 10.7 Å². The first-order chi connectivity index (χ1) is 14.9. The molecule has 7 nitrogen and oxygen atoms in total. The highest BCUT2D eigenvalue weighted by molar-refractivity contribution is 7.92. The first kappa shape index (κ1) is 21.3. The lowest BCUT2D eigenvalue weighted by atomic mass is 10.2. The zero-order valence-electron chi connectivity index (χ0n) is 16.5. The van der Waals surface area contributed by atoms with Gasteiger partial charge in [-0.05, 0) is 49.2 Å². The van der Waals surface area contributed by atoms with E-state index in [4.69, 9.17) is 0 Å². The number of carbonyl (C=O) groups is 1. The summed E-state index contributed by atoms with van der Waals surface area (Å²) in [5.74, 6) is -1.07. The molecule has 10 heteroatoms. The topological polar surface area (TPSA) is 91.4 Å². The van der Waals surface area contributed by atoms with Gasteiger partial charge in [0, 0.05) is 42.0 Å². The summed E-state index contributed by atoms with van der Waals surface area (Å²) in [5.41, 5.74) is 0.651. The Morgan fingerprint density at radius 3 is 2.68 bits per heavy atom. The van der Waals surface area contributed by atoms with Gasteiger partial charge in [0.15, 0.2) is 5.13 Å². The number of hydrogen-bond acceptors (Lipinski definition) is 6. The molecule has 1 aliphatic heterocycles. The summed E-state index contributed by atoms with van der Waals surface area (Å²) in [5, 5.41) is 5.84. The summed E-state index contributed by atoms with van der Waals surface area (Å²) >= 11 is 1.58. The first-order valence-electron chi connectivity index (χ1n) is 9.76. The van der Waals surface area contributed by atoms with Crippen LogP contribution >= 0.6 is 11.3 Å². The molecule has 1 aliphatic rings. The number of nitrogens with zero attached hydrogens (tertiary/aromatic N) is 2. The summed E-state index contributed by atoms with van der Waals surface area (Å²) in [6.07, 6.45) is 3.81. The molecule has 162 valence electrons. The summed E-state index contributed by atoms with van der Waals surface area (Å²) in [4.78, 5) is 18.7. The van der Waals surface area contributed by atoms with E-state index in [9.17, 15) is 17.6 Å². The molecular weight excluding hydrogens is 439 g/mol. The van der Waals surface area contributed by atoms with Crippen molar-refractivity contribution in [3.63, 3.8) is 0 Å². The molecule has 2 heterocycles. The number of hydrogen-bond donors (Lipinski definition) is 2. The second kappa shape index (κ2) is 9.03. The van der Waals surface area contributed by atoms with Crippen LogP contribution in [-0.4, -0.2) is 38.4 Å². The van der Waals surface area contributed by atoms with Crippen LogP contribution in [0.3, 0.4) is 0 Å². The molecule has 2 N–H and O–H groups in total. The maximum Gasteiger partial charge on any atom is 0.264 e. The average Bonchev–Trinajstić information content (AvgIpc) is 3.44. The summed E-state index contributed by atoms with van der Waals surface area (Å²) in [6.45, 7) is 1.42. The molecule has 1 atom stereocenters. The normalized spacial score (nSPS) is 16.3. The SMILES string of the molecule is O=C(NCC1CCCN1c1nccs1)c1ccc(NS(=O)(=O)c2ccccc2F)cc1. The van der Waals surface area contributed by atoms with Gasteiger partial charge in [-0.2, -0.15) is 0 Å². The summed E-state index contributed by atoms with van der Waals surface area (Å²) in [7, 11) is -4.06. The van der Waals surface area contributed by atoms with Crippen molar-refractivity contribution < 1.29 is 17.6 Å². The van der Waals surface area contributed by atoms with Crippen molar-refractivity contribution in [1.29, 1.82) is 0 Å². The minimum Gasteiger partial charge on any atom is -0.350 e. The van der Waals surface area contributed by atoms with Crippen LogP contribution in [0.4, 0.5) is 15.2 Å². The minimum atomic E-state index is -4.06. The van der Waals surface area contributed by atoms with Crippen molar-refractivity contribution in [2.24, 2.45) is 0 Å². The van der Waals surface area contributed by atoms with Crippen LogP contribution in [0.1, 0.15) is 23.2 Å². The third kappa shape index (κ3) is 4.86. The predicted octanol–water partition coefficient (Wildman–Crippen LogP) is 3.48. The van der Waals surface area contributed by atoms with Gasteiger partial charge < -0.3 is 10.2 Å². The molecule has 1 unspecified atom stereocenters. The fourth-order valence-corrected chi connectivity index (χ4v) is 5.41. The molecule has 1 saturated heterocycles. The van der Waals surface area contributed by atoms with E-state index in [1.54, 1.807) is 17.5 Å².